The van der Waals surface area contributed by atoms with Gasteiger partial charge in [0, 0.05) is 22.2 Å². The highest BCUT2D eigenvalue weighted by molar-refractivity contribution is 9.10. The van der Waals surface area contributed by atoms with Gasteiger partial charge < -0.3 is 15.5 Å². The fraction of sp³-hybridized carbons (Fsp3) is 0.273. The topological polar surface area (TPSA) is 130 Å². The molecule has 0 fully saturated rings. The highest BCUT2D eigenvalue weighted by atomic mass is 79.9. The van der Waals surface area contributed by atoms with Gasteiger partial charge in [0.15, 0.2) is 5.60 Å². The van der Waals surface area contributed by atoms with Crippen molar-refractivity contribution in [2.45, 2.75) is 12.5 Å². The number of carbonyl (C=O) groups excluding carboxylic acids is 1. The van der Waals surface area contributed by atoms with Crippen molar-refractivity contribution in [1.29, 1.82) is 0 Å². The first-order chi connectivity index (χ1) is 9.13. The van der Waals surface area contributed by atoms with Crippen molar-refractivity contribution in [3.63, 3.8) is 0 Å². The first-order valence-corrected chi connectivity index (χ1v) is 6.12. The molecule has 0 heterocycles. The van der Waals surface area contributed by atoms with Gasteiger partial charge >= 0.3 is 5.97 Å². The van der Waals surface area contributed by atoms with E-state index in [0.29, 0.717) is 4.47 Å². The Bertz CT molecular complexity index is 572. The molecule has 1 rings (SSSR count). The van der Waals surface area contributed by atoms with Crippen LogP contribution < -0.4 is 5.32 Å². The molecule has 9 heteroatoms. The summed E-state index contributed by atoms with van der Waals surface area (Å²) in [5.41, 5.74) is -2.42. The van der Waals surface area contributed by atoms with Gasteiger partial charge in [0.25, 0.3) is 11.6 Å². The van der Waals surface area contributed by atoms with E-state index >= 15 is 0 Å². The molecule has 1 aromatic carbocycles. The van der Waals surface area contributed by atoms with Gasteiger partial charge in [0.05, 0.1) is 11.5 Å². The molecule has 1 amide bonds. The summed E-state index contributed by atoms with van der Waals surface area (Å²) < 4.78 is 0.335. The van der Waals surface area contributed by atoms with Crippen LogP contribution in [0.25, 0.3) is 0 Å². The second-order valence-electron chi connectivity index (χ2n) is 4.22. The van der Waals surface area contributed by atoms with Gasteiger partial charge in [-0.05, 0) is 13.0 Å². The van der Waals surface area contributed by atoms with Crippen LogP contribution in [0.4, 0.5) is 5.69 Å². The Kier molecular flexibility index (Phi) is 4.79. The standard InChI is InChI=1S/C11H11BrN2O6/c1-11(18,10(16)17)5-13-9(15)6-2-7(12)4-8(3-6)14(19)20/h2-4,18H,5H2,1H3,(H,13,15)(H,16,17). The zero-order valence-corrected chi connectivity index (χ0v) is 11.9. The molecular formula is C11H11BrN2O6. The molecule has 1 aromatic rings. The molecule has 1 unspecified atom stereocenters. The van der Waals surface area contributed by atoms with Gasteiger partial charge in [-0.1, -0.05) is 15.9 Å². The normalized spacial score (nSPS) is 13.3. The van der Waals surface area contributed by atoms with Gasteiger partial charge in [-0.15, -0.1) is 0 Å². The van der Waals surface area contributed by atoms with Crippen molar-refractivity contribution >= 4 is 33.5 Å². The predicted octanol–water partition coefficient (Wildman–Crippen LogP) is 0.923. The summed E-state index contributed by atoms with van der Waals surface area (Å²) in [6.07, 6.45) is 0. The van der Waals surface area contributed by atoms with Crippen LogP contribution in [0, 0.1) is 10.1 Å². The minimum Gasteiger partial charge on any atom is -0.479 e. The molecule has 108 valence electrons. The second kappa shape index (κ2) is 5.97. The number of aliphatic carboxylic acids is 1. The van der Waals surface area contributed by atoms with Gasteiger partial charge in [-0.25, -0.2) is 4.79 Å². The van der Waals surface area contributed by atoms with Gasteiger partial charge in [-0.3, -0.25) is 14.9 Å². The minimum atomic E-state index is -2.12. The van der Waals surface area contributed by atoms with Crippen molar-refractivity contribution in [3.05, 3.63) is 38.3 Å². The Morgan fingerprint density at radius 1 is 1.45 bits per heavy atom. The molecule has 0 aromatic heterocycles. The van der Waals surface area contributed by atoms with Crippen molar-refractivity contribution in [2.24, 2.45) is 0 Å². The van der Waals surface area contributed by atoms with Crippen LogP contribution >= 0.6 is 15.9 Å². The number of non-ortho nitro benzene ring substituents is 1. The average molecular weight is 347 g/mol. The van der Waals surface area contributed by atoms with E-state index in [2.05, 4.69) is 21.2 Å². The van der Waals surface area contributed by atoms with Crippen LogP contribution in [-0.4, -0.2) is 39.2 Å². The molecule has 0 bridgehead atoms. The van der Waals surface area contributed by atoms with E-state index in [9.17, 15) is 24.8 Å². The highest BCUT2D eigenvalue weighted by Crippen LogP contribution is 2.21. The number of aliphatic hydroxyl groups is 1. The van der Waals surface area contributed by atoms with E-state index in [0.717, 1.165) is 13.0 Å². The predicted molar refractivity (Wildman–Crippen MR) is 71.4 cm³/mol. The number of nitro benzene ring substituents is 1. The summed E-state index contributed by atoms with van der Waals surface area (Å²) in [6.45, 7) is 0.500. The summed E-state index contributed by atoms with van der Waals surface area (Å²) in [4.78, 5) is 32.5. The lowest BCUT2D eigenvalue weighted by Gasteiger charge is -2.18. The zero-order chi connectivity index (χ0) is 15.5. The van der Waals surface area contributed by atoms with E-state index in [-0.39, 0.29) is 11.3 Å². The Hall–Kier alpha value is -2.00. The summed E-state index contributed by atoms with van der Waals surface area (Å²) >= 11 is 3.04. The number of nitro groups is 1. The van der Waals surface area contributed by atoms with Crippen LogP contribution in [0.15, 0.2) is 22.7 Å². The number of nitrogens with one attached hydrogen (secondary N) is 1. The number of carboxylic acids is 1. The number of amides is 1. The summed E-state index contributed by atoms with van der Waals surface area (Å²) in [6, 6.07) is 3.62. The first-order valence-electron chi connectivity index (χ1n) is 5.32. The van der Waals surface area contributed by atoms with E-state index in [1.54, 1.807) is 0 Å². The molecule has 0 saturated heterocycles. The maximum Gasteiger partial charge on any atom is 0.337 e. The lowest BCUT2D eigenvalue weighted by molar-refractivity contribution is -0.385. The summed E-state index contributed by atoms with van der Waals surface area (Å²) in [5, 5.41) is 31.0. The van der Waals surface area contributed by atoms with Crippen LogP contribution in [0.1, 0.15) is 17.3 Å². The number of benzene rings is 1. The third kappa shape index (κ3) is 4.00. The van der Waals surface area contributed by atoms with Crippen LogP contribution in [0.2, 0.25) is 0 Å². The number of carbonyl (C=O) groups is 2. The second-order valence-corrected chi connectivity index (χ2v) is 5.13. The zero-order valence-electron chi connectivity index (χ0n) is 10.3. The number of nitrogens with zero attached hydrogens (tertiary/aromatic N) is 1. The number of halogens is 1. The van der Waals surface area contributed by atoms with Crippen molar-refractivity contribution in [3.8, 4) is 0 Å². The largest absolute Gasteiger partial charge is 0.479 e. The Labute approximate surface area is 121 Å². The SMILES string of the molecule is CC(O)(CNC(=O)c1cc(Br)cc([N+](=O)[O-])c1)C(=O)O. The molecule has 0 aliphatic heterocycles. The Morgan fingerprint density at radius 2 is 2.05 bits per heavy atom. The Morgan fingerprint density at radius 3 is 2.55 bits per heavy atom. The maximum atomic E-state index is 11.8. The molecule has 20 heavy (non-hydrogen) atoms. The molecular weight excluding hydrogens is 336 g/mol. The number of carboxylic acid groups (broad SMARTS) is 1. The van der Waals surface area contributed by atoms with E-state index in [1.165, 1.54) is 12.1 Å². The monoisotopic (exact) mass is 346 g/mol. The number of hydrogen-bond acceptors (Lipinski definition) is 5. The van der Waals surface area contributed by atoms with Crippen LogP contribution in [-0.2, 0) is 4.79 Å². The lowest BCUT2D eigenvalue weighted by Crippen LogP contribution is -2.46. The Balaban J connectivity index is 2.88. The van der Waals surface area contributed by atoms with Crippen LogP contribution in [0.3, 0.4) is 0 Å². The third-order valence-corrected chi connectivity index (χ3v) is 2.87. The molecule has 1 atom stereocenters. The lowest BCUT2D eigenvalue weighted by atomic mass is 10.1. The highest BCUT2D eigenvalue weighted by Gasteiger charge is 2.30. The van der Waals surface area contributed by atoms with Gasteiger partial charge in [0.1, 0.15) is 0 Å². The average Bonchev–Trinajstić information content (AvgIpc) is 2.35. The van der Waals surface area contributed by atoms with E-state index in [4.69, 9.17) is 5.11 Å². The molecule has 0 aliphatic rings. The fourth-order valence-corrected chi connectivity index (χ4v) is 1.72. The van der Waals surface area contributed by atoms with Gasteiger partial charge in [0.2, 0.25) is 0 Å². The summed E-state index contributed by atoms with van der Waals surface area (Å²) in [5.74, 6) is -2.21. The van der Waals surface area contributed by atoms with Crippen molar-refractivity contribution in [1.82, 2.24) is 5.32 Å². The number of rotatable bonds is 5. The molecule has 8 nitrogen and oxygen atoms in total. The third-order valence-electron chi connectivity index (χ3n) is 2.41. The molecule has 0 aliphatic carbocycles. The number of hydrogen-bond donors (Lipinski definition) is 3. The molecule has 0 spiro atoms. The molecule has 0 saturated carbocycles. The van der Waals surface area contributed by atoms with Crippen molar-refractivity contribution < 1.29 is 24.7 Å². The van der Waals surface area contributed by atoms with Crippen molar-refractivity contribution in [2.75, 3.05) is 6.54 Å². The summed E-state index contributed by atoms with van der Waals surface area (Å²) in [7, 11) is 0. The van der Waals surface area contributed by atoms with Gasteiger partial charge in [-0.2, -0.15) is 0 Å². The van der Waals surface area contributed by atoms with E-state index in [1.807, 2.05) is 0 Å². The fourth-order valence-electron chi connectivity index (χ4n) is 1.24. The first kappa shape index (κ1) is 16.1. The van der Waals surface area contributed by atoms with E-state index < -0.39 is 28.9 Å². The van der Waals surface area contributed by atoms with Crippen LogP contribution in [0.5, 0.6) is 0 Å². The maximum absolute atomic E-state index is 11.8. The minimum absolute atomic E-state index is 0.0211. The molecule has 3 N–H and O–H groups in total. The quantitative estimate of drug-likeness (QED) is 0.536. The smallest absolute Gasteiger partial charge is 0.337 e. The molecule has 0 radical (unpaired) electrons.